The van der Waals surface area contributed by atoms with Crippen molar-refractivity contribution < 1.29 is 4.79 Å². The Morgan fingerprint density at radius 2 is 1.84 bits per heavy atom. The summed E-state index contributed by atoms with van der Waals surface area (Å²) >= 11 is 3.96. The van der Waals surface area contributed by atoms with Crippen LogP contribution >= 0.6 is 25.0 Å². The van der Waals surface area contributed by atoms with Crippen LogP contribution in [0.1, 0.15) is 42.3 Å². The Balaban J connectivity index is 0.00000324. The summed E-state index contributed by atoms with van der Waals surface area (Å²) in [5.41, 5.74) is 3.18. The van der Waals surface area contributed by atoms with Crippen LogP contribution in [0.3, 0.4) is 0 Å². The molecule has 0 unspecified atom stereocenters. The lowest BCUT2D eigenvalue weighted by Crippen LogP contribution is -2.17. The number of hydrogen-bond donors (Lipinski definition) is 1. The van der Waals surface area contributed by atoms with E-state index in [2.05, 4.69) is 44.4 Å². The summed E-state index contributed by atoms with van der Waals surface area (Å²) in [7, 11) is 4.08. The fourth-order valence-corrected chi connectivity index (χ4v) is 2.04. The Kier molecular flexibility index (Phi) is 7.12. The topological polar surface area (TPSA) is 20.3 Å². The Bertz CT molecular complexity index is 438. The first-order valence-electron chi connectivity index (χ1n) is 6.23. The van der Waals surface area contributed by atoms with E-state index in [4.69, 9.17) is 0 Å². The second-order valence-electron chi connectivity index (χ2n) is 5.98. The van der Waals surface area contributed by atoms with Crippen molar-refractivity contribution in [3.63, 3.8) is 0 Å². The standard InChI is InChI=1S/C15H23NOS.ClH/c1-15(2,3)12-6-7-13(14(17)18)11(10-12)8-9-16(4)5;/h6-7,10H,8-9H2,1-5H3,(H,17,18);1H. The van der Waals surface area contributed by atoms with Crippen LogP contribution in [0.4, 0.5) is 0 Å². The maximum atomic E-state index is 11.5. The summed E-state index contributed by atoms with van der Waals surface area (Å²) in [6.45, 7) is 7.47. The normalized spacial score (nSPS) is 11.3. The lowest BCUT2D eigenvalue weighted by Gasteiger charge is -2.21. The van der Waals surface area contributed by atoms with Crippen molar-refractivity contribution >= 4 is 30.2 Å². The molecule has 1 rings (SSSR count). The Labute approximate surface area is 128 Å². The van der Waals surface area contributed by atoms with E-state index >= 15 is 0 Å². The first-order valence-corrected chi connectivity index (χ1v) is 6.68. The molecule has 0 fully saturated rings. The minimum absolute atomic E-state index is 0. The van der Waals surface area contributed by atoms with Crippen LogP contribution in [0, 0.1) is 0 Å². The zero-order valence-corrected chi connectivity index (χ0v) is 14.1. The number of carbonyl (C=O) groups is 1. The minimum atomic E-state index is -0.149. The molecule has 2 nitrogen and oxygen atoms in total. The van der Waals surface area contributed by atoms with E-state index < -0.39 is 0 Å². The van der Waals surface area contributed by atoms with E-state index in [1.807, 2.05) is 26.2 Å². The Morgan fingerprint density at radius 1 is 1.26 bits per heavy atom. The molecular formula is C15H24ClNOS. The lowest BCUT2D eigenvalue weighted by molar-refractivity contribution is 0.109. The van der Waals surface area contributed by atoms with Gasteiger partial charge in [-0.25, -0.2) is 0 Å². The summed E-state index contributed by atoms with van der Waals surface area (Å²) < 4.78 is 0. The summed E-state index contributed by atoms with van der Waals surface area (Å²) in [5, 5.41) is -0.149. The summed E-state index contributed by atoms with van der Waals surface area (Å²) in [4.78, 5) is 13.6. The zero-order chi connectivity index (χ0) is 13.9. The highest BCUT2D eigenvalue weighted by Crippen LogP contribution is 2.25. The van der Waals surface area contributed by atoms with Crippen LogP contribution in [0.25, 0.3) is 0 Å². The molecule has 0 radical (unpaired) electrons. The van der Waals surface area contributed by atoms with Crippen LogP contribution in [0.5, 0.6) is 0 Å². The van der Waals surface area contributed by atoms with Gasteiger partial charge in [0.2, 0.25) is 5.12 Å². The third-order valence-corrected chi connectivity index (χ3v) is 3.27. The van der Waals surface area contributed by atoms with Crippen molar-refractivity contribution in [3.05, 3.63) is 34.9 Å². The molecule has 0 heterocycles. The molecule has 0 aliphatic carbocycles. The molecule has 1 aromatic rings. The zero-order valence-electron chi connectivity index (χ0n) is 12.4. The maximum Gasteiger partial charge on any atom is 0.216 e. The molecule has 0 N–H and O–H groups in total. The number of nitrogens with zero attached hydrogens (tertiary/aromatic N) is 1. The Hall–Kier alpha value is -0.510. The number of likely N-dealkylation sites (N-methyl/N-ethyl adjacent to an activating group) is 1. The van der Waals surface area contributed by atoms with Gasteiger partial charge in [-0.2, -0.15) is 0 Å². The first kappa shape index (κ1) is 18.5. The molecule has 0 saturated heterocycles. The second kappa shape index (κ2) is 7.32. The molecule has 0 atom stereocenters. The second-order valence-corrected chi connectivity index (χ2v) is 6.39. The predicted molar refractivity (Wildman–Crippen MR) is 88.0 cm³/mol. The molecule has 0 amide bonds. The van der Waals surface area contributed by atoms with Crippen molar-refractivity contribution in [2.24, 2.45) is 0 Å². The molecule has 1 aromatic carbocycles. The van der Waals surface area contributed by atoms with Crippen LogP contribution in [-0.2, 0) is 11.8 Å². The van der Waals surface area contributed by atoms with E-state index in [0.29, 0.717) is 0 Å². The third kappa shape index (κ3) is 5.55. The van der Waals surface area contributed by atoms with Gasteiger partial charge < -0.3 is 4.90 Å². The molecule has 0 aliphatic heterocycles. The third-order valence-electron chi connectivity index (χ3n) is 3.03. The molecule has 4 heteroatoms. The quantitative estimate of drug-likeness (QED) is 0.858. The van der Waals surface area contributed by atoms with Crippen molar-refractivity contribution in [2.75, 3.05) is 20.6 Å². The van der Waals surface area contributed by atoms with Crippen LogP contribution < -0.4 is 0 Å². The van der Waals surface area contributed by atoms with Gasteiger partial charge in [-0.1, -0.05) is 32.9 Å². The van der Waals surface area contributed by atoms with Gasteiger partial charge in [0.1, 0.15) is 0 Å². The van der Waals surface area contributed by atoms with Crippen LogP contribution in [0.15, 0.2) is 18.2 Å². The average Bonchev–Trinajstić information content (AvgIpc) is 2.24. The van der Waals surface area contributed by atoms with Gasteiger partial charge in [0, 0.05) is 12.1 Å². The number of benzene rings is 1. The van der Waals surface area contributed by atoms with Gasteiger partial charge in [0.25, 0.3) is 0 Å². The summed E-state index contributed by atoms with van der Waals surface area (Å²) in [5.74, 6) is 0. The fraction of sp³-hybridized carbons (Fsp3) is 0.533. The maximum absolute atomic E-state index is 11.5. The summed E-state index contributed by atoms with van der Waals surface area (Å²) in [6, 6.07) is 6.08. The molecule has 0 bridgehead atoms. The van der Waals surface area contributed by atoms with Gasteiger partial charge in [-0.05, 0) is 43.1 Å². The highest BCUT2D eigenvalue weighted by Gasteiger charge is 2.17. The van der Waals surface area contributed by atoms with E-state index in [9.17, 15) is 4.79 Å². The van der Waals surface area contributed by atoms with Gasteiger partial charge in [-0.15, -0.1) is 25.0 Å². The molecular weight excluding hydrogens is 278 g/mol. The van der Waals surface area contributed by atoms with Crippen molar-refractivity contribution in [3.8, 4) is 0 Å². The number of hydrogen-bond acceptors (Lipinski definition) is 2. The van der Waals surface area contributed by atoms with Crippen LogP contribution in [-0.4, -0.2) is 30.7 Å². The van der Waals surface area contributed by atoms with E-state index in [1.165, 1.54) is 5.56 Å². The van der Waals surface area contributed by atoms with E-state index in [0.717, 1.165) is 24.1 Å². The number of rotatable bonds is 4. The van der Waals surface area contributed by atoms with Gasteiger partial charge in [0.15, 0.2) is 0 Å². The lowest BCUT2D eigenvalue weighted by atomic mass is 9.85. The number of thiol groups is 1. The molecule has 108 valence electrons. The predicted octanol–water partition coefficient (Wildman–Crippen LogP) is 3.58. The molecule has 0 aliphatic rings. The van der Waals surface area contributed by atoms with Gasteiger partial charge >= 0.3 is 0 Å². The van der Waals surface area contributed by atoms with Gasteiger partial charge in [-0.3, -0.25) is 4.79 Å². The number of halogens is 1. The fourth-order valence-electron chi connectivity index (χ4n) is 1.82. The molecule has 0 spiro atoms. The molecule has 0 saturated carbocycles. The first-order chi connectivity index (χ1) is 8.21. The Morgan fingerprint density at radius 3 is 2.26 bits per heavy atom. The molecule has 19 heavy (non-hydrogen) atoms. The average molecular weight is 302 g/mol. The largest absolute Gasteiger partial charge is 0.309 e. The minimum Gasteiger partial charge on any atom is -0.309 e. The highest BCUT2D eigenvalue weighted by molar-refractivity contribution is 7.97. The van der Waals surface area contributed by atoms with Gasteiger partial charge in [0.05, 0.1) is 0 Å². The monoisotopic (exact) mass is 301 g/mol. The summed E-state index contributed by atoms with van der Waals surface area (Å²) in [6.07, 6.45) is 0.874. The SMILES string of the molecule is CN(C)CCc1cc(C(C)(C)C)ccc1C(=O)S.Cl. The molecule has 0 aromatic heterocycles. The van der Waals surface area contributed by atoms with E-state index in [-0.39, 0.29) is 22.9 Å². The van der Waals surface area contributed by atoms with Crippen LogP contribution in [0.2, 0.25) is 0 Å². The van der Waals surface area contributed by atoms with Crippen molar-refractivity contribution in [2.45, 2.75) is 32.6 Å². The number of carbonyl (C=O) groups excluding carboxylic acids is 1. The van der Waals surface area contributed by atoms with Crippen molar-refractivity contribution in [1.82, 2.24) is 4.90 Å². The van der Waals surface area contributed by atoms with E-state index in [1.54, 1.807) is 0 Å². The highest BCUT2D eigenvalue weighted by atomic mass is 35.5. The van der Waals surface area contributed by atoms with Crippen molar-refractivity contribution in [1.29, 1.82) is 0 Å². The smallest absolute Gasteiger partial charge is 0.216 e.